The van der Waals surface area contributed by atoms with Gasteiger partial charge < -0.3 is 0 Å². The maximum absolute atomic E-state index is 4.44. The summed E-state index contributed by atoms with van der Waals surface area (Å²) in [4.78, 5) is 8.65. The molecule has 0 saturated carbocycles. The van der Waals surface area contributed by atoms with Crippen LogP contribution in [-0.2, 0) is 12.8 Å². The van der Waals surface area contributed by atoms with Crippen LogP contribution < -0.4 is 0 Å². The van der Waals surface area contributed by atoms with E-state index in [1.807, 2.05) is 13.1 Å². The first-order valence-electron chi connectivity index (χ1n) is 4.57. The fourth-order valence-corrected chi connectivity index (χ4v) is 1.79. The molecule has 2 rings (SSSR count). The van der Waals surface area contributed by atoms with Gasteiger partial charge in [-0.25, -0.2) is 9.97 Å². The van der Waals surface area contributed by atoms with Crippen molar-refractivity contribution in [2.24, 2.45) is 5.92 Å². The summed E-state index contributed by atoms with van der Waals surface area (Å²) in [6.07, 6.45) is 5.58. The van der Waals surface area contributed by atoms with Crippen LogP contribution >= 0.6 is 0 Å². The molecule has 0 saturated heterocycles. The van der Waals surface area contributed by atoms with Gasteiger partial charge in [0.25, 0.3) is 0 Å². The molecule has 1 heterocycles. The Morgan fingerprint density at radius 3 is 3.17 bits per heavy atom. The molecule has 1 aliphatic carbocycles. The van der Waals surface area contributed by atoms with Crippen LogP contribution in [0.1, 0.15) is 30.4 Å². The lowest BCUT2D eigenvalue weighted by Gasteiger charge is -2.19. The van der Waals surface area contributed by atoms with Gasteiger partial charge in [0.15, 0.2) is 0 Å². The van der Waals surface area contributed by atoms with Crippen LogP contribution in [0, 0.1) is 12.8 Å². The largest absolute Gasteiger partial charge is 0.241 e. The smallest absolute Gasteiger partial charge is 0.125 e. The summed E-state index contributed by atoms with van der Waals surface area (Å²) >= 11 is 0. The zero-order valence-corrected chi connectivity index (χ0v) is 7.67. The molecule has 1 aromatic heterocycles. The highest BCUT2D eigenvalue weighted by atomic mass is 14.9. The van der Waals surface area contributed by atoms with Crippen LogP contribution in [-0.4, -0.2) is 9.97 Å². The van der Waals surface area contributed by atoms with Crippen LogP contribution in [0.5, 0.6) is 0 Å². The molecule has 0 aliphatic heterocycles. The molecule has 1 atom stereocenters. The highest BCUT2D eigenvalue weighted by Crippen LogP contribution is 2.22. The summed E-state index contributed by atoms with van der Waals surface area (Å²) in [6.45, 7) is 4.25. The van der Waals surface area contributed by atoms with Crippen molar-refractivity contribution in [1.82, 2.24) is 9.97 Å². The third kappa shape index (κ3) is 1.33. The summed E-state index contributed by atoms with van der Waals surface area (Å²) < 4.78 is 0. The lowest BCUT2D eigenvalue weighted by molar-refractivity contribution is 0.491. The normalized spacial score (nSPS) is 22.0. The fourth-order valence-electron chi connectivity index (χ4n) is 1.79. The third-order valence-electron chi connectivity index (χ3n) is 2.52. The maximum Gasteiger partial charge on any atom is 0.125 e. The summed E-state index contributed by atoms with van der Waals surface area (Å²) in [5, 5.41) is 0. The first-order valence-corrected chi connectivity index (χ1v) is 4.57. The van der Waals surface area contributed by atoms with Gasteiger partial charge in [0.05, 0.1) is 0 Å². The quantitative estimate of drug-likeness (QED) is 0.582. The van der Waals surface area contributed by atoms with Gasteiger partial charge in [-0.3, -0.25) is 0 Å². The SMILES string of the molecule is Cc1ncc2c(n1)CC[C@H](C)C2. The molecule has 0 N–H and O–H groups in total. The first-order chi connectivity index (χ1) is 5.75. The number of rotatable bonds is 0. The second-order valence-electron chi connectivity index (χ2n) is 3.74. The zero-order chi connectivity index (χ0) is 8.55. The second-order valence-corrected chi connectivity index (χ2v) is 3.74. The van der Waals surface area contributed by atoms with Gasteiger partial charge in [-0.05, 0) is 37.7 Å². The van der Waals surface area contributed by atoms with Crippen LogP contribution in [0.3, 0.4) is 0 Å². The molecule has 0 fully saturated rings. The Bertz CT molecular complexity index is 294. The van der Waals surface area contributed by atoms with Crippen molar-refractivity contribution in [2.45, 2.75) is 33.1 Å². The maximum atomic E-state index is 4.44. The lowest BCUT2D eigenvalue weighted by atomic mass is 9.89. The molecule has 12 heavy (non-hydrogen) atoms. The van der Waals surface area contributed by atoms with Crippen molar-refractivity contribution >= 4 is 0 Å². The summed E-state index contributed by atoms with van der Waals surface area (Å²) in [6, 6.07) is 0. The topological polar surface area (TPSA) is 25.8 Å². The van der Waals surface area contributed by atoms with E-state index in [0.29, 0.717) is 0 Å². The van der Waals surface area contributed by atoms with E-state index in [2.05, 4.69) is 16.9 Å². The van der Waals surface area contributed by atoms with Crippen LogP contribution in [0.15, 0.2) is 6.20 Å². The highest BCUT2D eigenvalue weighted by Gasteiger charge is 2.16. The Morgan fingerprint density at radius 1 is 1.50 bits per heavy atom. The minimum Gasteiger partial charge on any atom is -0.241 e. The summed E-state index contributed by atoms with van der Waals surface area (Å²) in [7, 11) is 0. The number of nitrogens with zero attached hydrogens (tertiary/aromatic N) is 2. The molecule has 64 valence electrons. The number of aromatic nitrogens is 2. The van der Waals surface area contributed by atoms with Gasteiger partial charge in [-0.15, -0.1) is 0 Å². The van der Waals surface area contributed by atoms with Crippen molar-refractivity contribution in [2.75, 3.05) is 0 Å². The molecule has 0 unspecified atom stereocenters. The van der Waals surface area contributed by atoms with Crippen molar-refractivity contribution in [1.29, 1.82) is 0 Å². The summed E-state index contributed by atoms with van der Waals surface area (Å²) in [5.74, 6) is 1.71. The predicted molar refractivity (Wildman–Crippen MR) is 48.0 cm³/mol. The van der Waals surface area contributed by atoms with Crippen LogP contribution in [0.4, 0.5) is 0 Å². The molecule has 1 aliphatic rings. The molecule has 1 aromatic rings. The molecule has 0 amide bonds. The van der Waals surface area contributed by atoms with Gasteiger partial charge in [0.1, 0.15) is 5.82 Å². The van der Waals surface area contributed by atoms with Crippen molar-refractivity contribution in [3.8, 4) is 0 Å². The lowest BCUT2D eigenvalue weighted by Crippen LogP contribution is -2.13. The van der Waals surface area contributed by atoms with E-state index < -0.39 is 0 Å². The third-order valence-corrected chi connectivity index (χ3v) is 2.52. The van der Waals surface area contributed by atoms with E-state index in [0.717, 1.165) is 24.6 Å². The fraction of sp³-hybridized carbons (Fsp3) is 0.600. The second kappa shape index (κ2) is 2.85. The van der Waals surface area contributed by atoms with Gasteiger partial charge in [0, 0.05) is 11.9 Å². The first kappa shape index (κ1) is 7.71. The minimum atomic E-state index is 0.809. The Labute approximate surface area is 73.1 Å². The predicted octanol–water partition coefficient (Wildman–Crippen LogP) is 1.91. The Balaban J connectivity index is 2.37. The molecular weight excluding hydrogens is 148 g/mol. The van der Waals surface area contributed by atoms with E-state index >= 15 is 0 Å². The number of aryl methyl sites for hydroxylation is 2. The van der Waals surface area contributed by atoms with Crippen LogP contribution in [0.25, 0.3) is 0 Å². The number of fused-ring (bicyclic) bond motifs is 1. The molecule has 0 spiro atoms. The van der Waals surface area contributed by atoms with E-state index in [-0.39, 0.29) is 0 Å². The molecule has 2 heteroatoms. The molecule has 0 radical (unpaired) electrons. The monoisotopic (exact) mass is 162 g/mol. The average Bonchev–Trinajstić information content (AvgIpc) is 2.05. The van der Waals surface area contributed by atoms with E-state index in [1.165, 1.54) is 17.7 Å². The minimum absolute atomic E-state index is 0.809. The summed E-state index contributed by atoms with van der Waals surface area (Å²) in [5.41, 5.74) is 2.64. The van der Waals surface area contributed by atoms with Gasteiger partial charge in [-0.2, -0.15) is 0 Å². The van der Waals surface area contributed by atoms with Crippen molar-refractivity contribution in [3.63, 3.8) is 0 Å². The highest BCUT2D eigenvalue weighted by molar-refractivity contribution is 5.20. The molecular formula is C10H14N2. The Kier molecular flexibility index (Phi) is 1.83. The van der Waals surface area contributed by atoms with E-state index in [1.54, 1.807) is 0 Å². The molecule has 0 bridgehead atoms. The van der Waals surface area contributed by atoms with E-state index in [9.17, 15) is 0 Å². The van der Waals surface area contributed by atoms with E-state index in [4.69, 9.17) is 0 Å². The molecule has 2 nitrogen and oxygen atoms in total. The Morgan fingerprint density at radius 2 is 2.33 bits per heavy atom. The van der Waals surface area contributed by atoms with Gasteiger partial charge in [-0.1, -0.05) is 6.92 Å². The van der Waals surface area contributed by atoms with Gasteiger partial charge >= 0.3 is 0 Å². The zero-order valence-electron chi connectivity index (χ0n) is 7.67. The van der Waals surface area contributed by atoms with Crippen molar-refractivity contribution < 1.29 is 0 Å². The number of hydrogen-bond acceptors (Lipinski definition) is 2. The number of hydrogen-bond donors (Lipinski definition) is 0. The van der Waals surface area contributed by atoms with Crippen LogP contribution in [0.2, 0.25) is 0 Å². The average molecular weight is 162 g/mol. The Hall–Kier alpha value is -0.920. The van der Waals surface area contributed by atoms with Crippen molar-refractivity contribution in [3.05, 3.63) is 23.3 Å². The molecule has 0 aromatic carbocycles. The standard InChI is InChI=1S/C10H14N2/c1-7-3-4-10-9(5-7)6-11-8(2)12-10/h6-7H,3-5H2,1-2H3/t7-/m0/s1. The van der Waals surface area contributed by atoms with Gasteiger partial charge in [0.2, 0.25) is 0 Å².